The van der Waals surface area contributed by atoms with Crippen molar-refractivity contribution >= 4 is 27.3 Å². The van der Waals surface area contributed by atoms with Crippen molar-refractivity contribution in [2.24, 2.45) is 0 Å². The summed E-state index contributed by atoms with van der Waals surface area (Å²) < 4.78 is 34.1. The third kappa shape index (κ3) is 4.20. The Labute approximate surface area is 191 Å². The van der Waals surface area contributed by atoms with E-state index in [9.17, 15) is 13.2 Å². The maximum absolute atomic E-state index is 13.5. The molecule has 2 aliphatic rings. The van der Waals surface area contributed by atoms with Crippen molar-refractivity contribution in [3.05, 3.63) is 64.7 Å². The SMILES string of the molecule is Cc1ccc(S(=O)(=O)N2CCC3CC/C(=C\C(=O)OC(C)(C)C)c4c(C)ccc2c43)cc1. The van der Waals surface area contributed by atoms with Crippen molar-refractivity contribution in [1.82, 2.24) is 0 Å². The molecule has 0 aromatic heterocycles. The van der Waals surface area contributed by atoms with Gasteiger partial charge in [-0.25, -0.2) is 13.2 Å². The summed E-state index contributed by atoms with van der Waals surface area (Å²) in [6.45, 7) is 9.98. The molecule has 0 saturated carbocycles. The van der Waals surface area contributed by atoms with E-state index in [2.05, 4.69) is 0 Å². The van der Waals surface area contributed by atoms with Crippen LogP contribution in [-0.2, 0) is 19.6 Å². The molecule has 0 spiro atoms. The number of rotatable bonds is 3. The van der Waals surface area contributed by atoms with Crippen LogP contribution in [0.1, 0.15) is 68.2 Å². The standard InChI is InChI=1S/C26H31NO4S/c1-17-6-11-21(12-7-17)32(29,30)27-15-14-19-9-10-20(16-23(28)31-26(3,4)5)24-18(2)8-13-22(27)25(19)24/h6-8,11-13,16,19H,9-10,14-15H2,1-5H3/b20-16+. The Balaban J connectivity index is 1.80. The van der Waals surface area contributed by atoms with E-state index in [0.29, 0.717) is 17.4 Å². The summed E-state index contributed by atoms with van der Waals surface area (Å²) in [7, 11) is -3.67. The average Bonchev–Trinajstić information content (AvgIpc) is 2.70. The van der Waals surface area contributed by atoms with Crippen LogP contribution in [0.2, 0.25) is 0 Å². The molecule has 1 atom stereocenters. The Hall–Kier alpha value is -2.60. The minimum Gasteiger partial charge on any atom is -0.457 e. The number of esters is 1. The molecule has 1 aliphatic carbocycles. The summed E-state index contributed by atoms with van der Waals surface area (Å²) in [6, 6.07) is 10.9. The van der Waals surface area contributed by atoms with Gasteiger partial charge in [0.25, 0.3) is 10.0 Å². The predicted molar refractivity (Wildman–Crippen MR) is 127 cm³/mol. The Morgan fingerprint density at radius 3 is 2.41 bits per heavy atom. The zero-order valence-corrected chi connectivity index (χ0v) is 20.3. The quantitative estimate of drug-likeness (QED) is 0.454. The van der Waals surface area contributed by atoms with E-state index in [1.807, 2.05) is 58.9 Å². The predicted octanol–water partition coefficient (Wildman–Crippen LogP) is 5.50. The number of nitrogens with zero attached hydrogens (tertiary/aromatic N) is 1. The van der Waals surface area contributed by atoms with E-state index in [-0.39, 0.29) is 5.97 Å². The van der Waals surface area contributed by atoms with Gasteiger partial charge in [-0.3, -0.25) is 4.31 Å². The highest BCUT2D eigenvalue weighted by atomic mass is 32.2. The van der Waals surface area contributed by atoms with Gasteiger partial charge >= 0.3 is 5.97 Å². The topological polar surface area (TPSA) is 63.7 Å². The number of carbonyl (C=O) groups excluding carboxylic acids is 1. The maximum Gasteiger partial charge on any atom is 0.331 e. The molecule has 2 aromatic rings. The van der Waals surface area contributed by atoms with Crippen LogP contribution in [0.5, 0.6) is 0 Å². The molecule has 0 saturated heterocycles. The fraction of sp³-hybridized carbons (Fsp3) is 0.423. The van der Waals surface area contributed by atoms with Crippen LogP contribution in [0.4, 0.5) is 5.69 Å². The van der Waals surface area contributed by atoms with Gasteiger partial charge < -0.3 is 4.74 Å². The Morgan fingerprint density at radius 2 is 1.75 bits per heavy atom. The number of benzene rings is 2. The Kier molecular flexibility index (Phi) is 5.70. The van der Waals surface area contributed by atoms with Gasteiger partial charge in [0, 0.05) is 12.6 Å². The van der Waals surface area contributed by atoms with Gasteiger partial charge in [-0.2, -0.15) is 0 Å². The first-order valence-electron chi connectivity index (χ1n) is 11.1. The zero-order chi connectivity index (χ0) is 23.3. The number of anilines is 1. The average molecular weight is 454 g/mol. The van der Waals surface area contributed by atoms with Gasteiger partial charge in [-0.1, -0.05) is 23.8 Å². The molecule has 0 amide bonds. The number of hydrogen-bond acceptors (Lipinski definition) is 4. The molecule has 1 unspecified atom stereocenters. The number of hydrogen-bond donors (Lipinski definition) is 0. The van der Waals surface area contributed by atoms with Gasteiger partial charge in [-0.15, -0.1) is 0 Å². The number of sulfonamides is 1. The van der Waals surface area contributed by atoms with Crippen LogP contribution in [-0.4, -0.2) is 26.5 Å². The maximum atomic E-state index is 13.5. The van der Waals surface area contributed by atoms with Crippen molar-refractivity contribution in [1.29, 1.82) is 0 Å². The number of allylic oxidation sites excluding steroid dienone is 1. The van der Waals surface area contributed by atoms with Gasteiger partial charge in [-0.05, 0) is 100 Å². The molecule has 5 nitrogen and oxygen atoms in total. The zero-order valence-electron chi connectivity index (χ0n) is 19.4. The van der Waals surface area contributed by atoms with Gasteiger partial charge in [0.1, 0.15) is 5.60 Å². The summed E-state index contributed by atoms with van der Waals surface area (Å²) in [4.78, 5) is 12.8. The number of carbonyl (C=O) groups is 1. The lowest BCUT2D eigenvalue weighted by molar-refractivity contribution is -0.148. The van der Waals surface area contributed by atoms with E-state index in [1.165, 1.54) is 0 Å². The summed E-state index contributed by atoms with van der Waals surface area (Å²) in [5, 5.41) is 0. The number of ether oxygens (including phenoxy) is 1. The van der Waals surface area contributed by atoms with Crippen molar-refractivity contribution in [3.63, 3.8) is 0 Å². The molecule has 32 heavy (non-hydrogen) atoms. The molecule has 4 rings (SSSR count). The normalized spacial score (nSPS) is 19.6. The third-order valence-electron chi connectivity index (χ3n) is 6.18. The summed E-state index contributed by atoms with van der Waals surface area (Å²) in [6.07, 6.45) is 4.05. The molecule has 1 aliphatic heterocycles. The monoisotopic (exact) mass is 453 g/mol. The van der Waals surface area contributed by atoms with Crippen LogP contribution in [0.3, 0.4) is 0 Å². The highest BCUT2D eigenvalue weighted by Crippen LogP contribution is 2.49. The fourth-order valence-corrected chi connectivity index (χ4v) is 6.26. The molecule has 6 heteroatoms. The van der Waals surface area contributed by atoms with Crippen molar-refractivity contribution < 1.29 is 17.9 Å². The molecule has 0 N–H and O–H groups in total. The highest BCUT2D eigenvalue weighted by Gasteiger charge is 2.37. The molecular weight excluding hydrogens is 422 g/mol. The van der Waals surface area contributed by atoms with Gasteiger partial charge in [0.15, 0.2) is 0 Å². The van der Waals surface area contributed by atoms with E-state index >= 15 is 0 Å². The second-order valence-electron chi connectivity index (χ2n) is 9.81. The summed E-state index contributed by atoms with van der Waals surface area (Å²) in [5.74, 6) is -0.0666. The van der Waals surface area contributed by atoms with E-state index in [4.69, 9.17) is 4.74 Å². The minimum absolute atomic E-state index is 0.292. The lowest BCUT2D eigenvalue weighted by Crippen LogP contribution is -2.38. The smallest absolute Gasteiger partial charge is 0.331 e. The molecule has 0 radical (unpaired) electrons. The molecule has 0 fully saturated rings. The minimum atomic E-state index is -3.67. The Bertz CT molecular complexity index is 1190. The first kappa shape index (κ1) is 22.6. The van der Waals surface area contributed by atoms with Gasteiger partial charge in [0.05, 0.1) is 10.6 Å². The first-order chi connectivity index (χ1) is 15.0. The van der Waals surface area contributed by atoms with Crippen molar-refractivity contribution in [3.8, 4) is 0 Å². The lowest BCUT2D eigenvalue weighted by atomic mass is 9.74. The lowest BCUT2D eigenvalue weighted by Gasteiger charge is -2.40. The molecular formula is C26H31NO4S. The van der Waals surface area contributed by atoms with Crippen LogP contribution in [0.15, 0.2) is 47.4 Å². The van der Waals surface area contributed by atoms with Gasteiger partial charge in [0.2, 0.25) is 0 Å². The second-order valence-corrected chi connectivity index (χ2v) is 11.7. The van der Waals surface area contributed by atoms with E-state index in [1.54, 1.807) is 22.5 Å². The van der Waals surface area contributed by atoms with Crippen LogP contribution >= 0.6 is 0 Å². The van der Waals surface area contributed by atoms with Crippen LogP contribution < -0.4 is 4.31 Å². The highest BCUT2D eigenvalue weighted by molar-refractivity contribution is 7.92. The van der Waals surface area contributed by atoms with Crippen LogP contribution in [0.25, 0.3) is 5.57 Å². The van der Waals surface area contributed by atoms with Crippen molar-refractivity contribution in [2.45, 2.75) is 70.3 Å². The first-order valence-corrected chi connectivity index (χ1v) is 12.6. The van der Waals surface area contributed by atoms with Crippen LogP contribution in [0, 0.1) is 13.8 Å². The van der Waals surface area contributed by atoms with E-state index < -0.39 is 15.6 Å². The Morgan fingerprint density at radius 1 is 1.06 bits per heavy atom. The summed E-state index contributed by atoms with van der Waals surface area (Å²) >= 11 is 0. The van der Waals surface area contributed by atoms with Crippen molar-refractivity contribution in [2.75, 3.05) is 10.8 Å². The molecule has 1 heterocycles. The van der Waals surface area contributed by atoms with E-state index in [0.717, 1.165) is 52.8 Å². The largest absolute Gasteiger partial charge is 0.457 e. The molecule has 0 bridgehead atoms. The summed E-state index contributed by atoms with van der Waals surface area (Å²) in [5.41, 5.74) is 5.23. The fourth-order valence-electron chi connectivity index (χ4n) is 4.76. The third-order valence-corrected chi connectivity index (χ3v) is 8.01. The molecule has 2 aromatic carbocycles. The molecule has 170 valence electrons. The number of aryl methyl sites for hydroxylation is 2. The second kappa shape index (κ2) is 8.07.